The van der Waals surface area contributed by atoms with Crippen molar-refractivity contribution in [3.63, 3.8) is 0 Å². The van der Waals surface area contributed by atoms with Gasteiger partial charge in [-0.25, -0.2) is 4.79 Å². The van der Waals surface area contributed by atoms with Gasteiger partial charge in [0.2, 0.25) is 0 Å². The number of ether oxygens (including phenoxy) is 3. The molecule has 0 radical (unpaired) electrons. The molecule has 1 heterocycles. The van der Waals surface area contributed by atoms with Crippen LogP contribution in [0.1, 0.15) is 32.6 Å². The van der Waals surface area contributed by atoms with Gasteiger partial charge in [0, 0.05) is 41.2 Å². The SMILES string of the molecule is COC(=O)c1ccc(Cn2cc(Cc3ccc(C)cc3OC)c3cc([N+](=O)[O-])ccc32)c(OC)c1. The first kappa shape index (κ1) is 23.8. The van der Waals surface area contributed by atoms with E-state index in [-0.39, 0.29) is 10.6 Å². The first-order valence-electron chi connectivity index (χ1n) is 11.0. The number of methoxy groups -OCH3 is 3. The number of aryl methyl sites for hydroxylation is 1. The Balaban J connectivity index is 1.80. The minimum Gasteiger partial charge on any atom is -0.496 e. The summed E-state index contributed by atoms with van der Waals surface area (Å²) < 4.78 is 17.9. The summed E-state index contributed by atoms with van der Waals surface area (Å²) >= 11 is 0. The summed E-state index contributed by atoms with van der Waals surface area (Å²) in [6.45, 7) is 2.45. The fraction of sp³-hybridized carbons (Fsp3) is 0.222. The number of rotatable bonds is 8. The lowest BCUT2D eigenvalue weighted by Crippen LogP contribution is -2.05. The molecule has 180 valence electrons. The van der Waals surface area contributed by atoms with Gasteiger partial charge in [0.1, 0.15) is 11.5 Å². The number of hydrogen-bond donors (Lipinski definition) is 0. The highest BCUT2D eigenvalue weighted by molar-refractivity contribution is 5.90. The minimum atomic E-state index is -0.442. The van der Waals surface area contributed by atoms with Crippen LogP contribution in [0.5, 0.6) is 11.5 Å². The minimum absolute atomic E-state index is 0.0346. The van der Waals surface area contributed by atoms with Crippen LogP contribution in [-0.2, 0) is 17.7 Å². The van der Waals surface area contributed by atoms with Crippen molar-refractivity contribution in [1.82, 2.24) is 4.57 Å². The monoisotopic (exact) mass is 474 g/mol. The van der Waals surface area contributed by atoms with Gasteiger partial charge in [-0.15, -0.1) is 0 Å². The van der Waals surface area contributed by atoms with Gasteiger partial charge in [0.25, 0.3) is 5.69 Å². The van der Waals surface area contributed by atoms with Crippen molar-refractivity contribution in [1.29, 1.82) is 0 Å². The van der Waals surface area contributed by atoms with Crippen LogP contribution in [0, 0.1) is 17.0 Å². The molecule has 4 aromatic rings. The Morgan fingerprint density at radius 3 is 2.31 bits per heavy atom. The van der Waals surface area contributed by atoms with E-state index < -0.39 is 5.97 Å². The zero-order chi connectivity index (χ0) is 25.1. The van der Waals surface area contributed by atoms with Crippen LogP contribution in [0.3, 0.4) is 0 Å². The number of nitro groups is 1. The molecule has 0 saturated carbocycles. The molecule has 0 aliphatic carbocycles. The van der Waals surface area contributed by atoms with E-state index in [4.69, 9.17) is 14.2 Å². The summed E-state index contributed by atoms with van der Waals surface area (Å²) in [4.78, 5) is 23.0. The van der Waals surface area contributed by atoms with Gasteiger partial charge < -0.3 is 18.8 Å². The Kier molecular flexibility index (Phi) is 6.73. The predicted molar refractivity (Wildman–Crippen MR) is 133 cm³/mol. The molecule has 1 aromatic heterocycles. The highest BCUT2D eigenvalue weighted by Gasteiger charge is 2.17. The van der Waals surface area contributed by atoms with E-state index >= 15 is 0 Å². The molecule has 35 heavy (non-hydrogen) atoms. The van der Waals surface area contributed by atoms with Crippen molar-refractivity contribution in [2.75, 3.05) is 21.3 Å². The standard InChI is InChI=1S/C27H26N2O6/c1-17-5-6-18(25(11-17)33-2)12-21-16-28(24-10-9-22(29(31)32)14-23(21)24)15-20-8-7-19(27(30)35-4)13-26(20)34-3/h5-11,13-14,16H,12,15H2,1-4H3. The van der Waals surface area contributed by atoms with Crippen LogP contribution in [0.25, 0.3) is 10.9 Å². The third-order valence-electron chi connectivity index (χ3n) is 6.03. The van der Waals surface area contributed by atoms with Gasteiger partial charge in [0.05, 0.1) is 38.4 Å². The van der Waals surface area contributed by atoms with Crippen molar-refractivity contribution in [2.45, 2.75) is 19.9 Å². The van der Waals surface area contributed by atoms with Gasteiger partial charge in [-0.2, -0.15) is 0 Å². The smallest absolute Gasteiger partial charge is 0.337 e. The molecule has 0 unspecified atom stereocenters. The Morgan fingerprint density at radius 2 is 1.63 bits per heavy atom. The van der Waals surface area contributed by atoms with Crippen LogP contribution in [0.4, 0.5) is 5.69 Å². The van der Waals surface area contributed by atoms with Gasteiger partial charge in [0.15, 0.2) is 0 Å². The maximum Gasteiger partial charge on any atom is 0.337 e. The van der Waals surface area contributed by atoms with Crippen molar-refractivity contribution >= 4 is 22.6 Å². The number of carbonyl (C=O) groups excluding carboxylic acids is 1. The zero-order valence-corrected chi connectivity index (χ0v) is 20.0. The van der Waals surface area contributed by atoms with Gasteiger partial charge in [-0.3, -0.25) is 10.1 Å². The summed E-state index contributed by atoms with van der Waals surface area (Å²) in [5, 5.41) is 12.3. The van der Waals surface area contributed by atoms with Crippen molar-refractivity contribution < 1.29 is 23.9 Å². The van der Waals surface area contributed by atoms with Crippen molar-refractivity contribution in [3.05, 3.63) is 98.7 Å². The third-order valence-corrected chi connectivity index (χ3v) is 6.03. The molecule has 0 aliphatic heterocycles. The second-order valence-corrected chi connectivity index (χ2v) is 8.25. The lowest BCUT2D eigenvalue weighted by molar-refractivity contribution is -0.384. The molecule has 3 aromatic carbocycles. The fourth-order valence-electron chi connectivity index (χ4n) is 4.25. The molecule has 0 N–H and O–H groups in total. The Hall–Kier alpha value is -4.33. The molecule has 8 nitrogen and oxygen atoms in total. The van der Waals surface area contributed by atoms with Crippen LogP contribution in [0.2, 0.25) is 0 Å². The van der Waals surface area contributed by atoms with E-state index in [0.29, 0.717) is 24.3 Å². The third kappa shape index (κ3) is 4.82. The number of hydrogen-bond acceptors (Lipinski definition) is 6. The lowest BCUT2D eigenvalue weighted by Gasteiger charge is -2.12. The number of nitro benzene ring substituents is 1. The number of aromatic nitrogens is 1. The van der Waals surface area contributed by atoms with E-state index in [2.05, 4.69) is 0 Å². The molecule has 0 saturated heterocycles. The van der Waals surface area contributed by atoms with E-state index in [9.17, 15) is 14.9 Å². The number of esters is 1. The number of carbonyl (C=O) groups is 1. The fourth-order valence-corrected chi connectivity index (χ4v) is 4.25. The van der Waals surface area contributed by atoms with E-state index in [1.54, 1.807) is 38.5 Å². The van der Waals surface area contributed by atoms with Crippen LogP contribution >= 0.6 is 0 Å². The normalized spacial score (nSPS) is 10.9. The summed E-state index contributed by atoms with van der Waals surface area (Å²) in [6, 6.07) is 16.1. The molecule has 0 spiro atoms. The molecule has 0 bridgehead atoms. The maximum absolute atomic E-state index is 11.9. The Morgan fingerprint density at radius 1 is 0.914 bits per heavy atom. The average Bonchev–Trinajstić information content (AvgIpc) is 3.20. The molecule has 0 fully saturated rings. The second-order valence-electron chi connectivity index (χ2n) is 8.25. The maximum atomic E-state index is 11.9. The van der Waals surface area contributed by atoms with Crippen LogP contribution in [0.15, 0.2) is 60.8 Å². The van der Waals surface area contributed by atoms with E-state index in [0.717, 1.165) is 38.9 Å². The van der Waals surface area contributed by atoms with Crippen LogP contribution < -0.4 is 9.47 Å². The van der Waals surface area contributed by atoms with Crippen molar-refractivity contribution in [2.24, 2.45) is 0 Å². The topological polar surface area (TPSA) is 92.8 Å². The largest absolute Gasteiger partial charge is 0.496 e. The summed E-state index contributed by atoms with van der Waals surface area (Å²) in [6.07, 6.45) is 2.55. The second kappa shape index (κ2) is 9.89. The summed E-state index contributed by atoms with van der Waals surface area (Å²) in [7, 11) is 4.52. The Labute approximate surface area is 202 Å². The van der Waals surface area contributed by atoms with Gasteiger partial charge >= 0.3 is 5.97 Å². The molecular formula is C27H26N2O6. The van der Waals surface area contributed by atoms with E-state index in [1.807, 2.05) is 42.0 Å². The highest BCUT2D eigenvalue weighted by Crippen LogP contribution is 2.32. The molecular weight excluding hydrogens is 448 g/mol. The lowest BCUT2D eigenvalue weighted by atomic mass is 10.0. The molecule has 0 atom stereocenters. The first-order valence-corrected chi connectivity index (χ1v) is 11.0. The van der Waals surface area contributed by atoms with Gasteiger partial charge in [-0.1, -0.05) is 18.2 Å². The number of nitrogens with zero attached hydrogens (tertiary/aromatic N) is 2. The molecule has 4 rings (SSSR count). The molecule has 0 amide bonds. The number of fused-ring (bicyclic) bond motifs is 1. The Bertz CT molecular complexity index is 1420. The first-order chi connectivity index (χ1) is 16.8. The molecule has 8 heteroatoms. The predicted octanol–water partition coefficient (Wildman–Crippen LogP) is 5.30. The summed E-state index contributed by atoms with van der Waals surface area (Å²) in [5.41, 5.74) is 5.16. The van der Waals surface area contributed by atoms with Crippen molar-refractivity contribution in [3.8, 4) is 11.5 Å². The van der Waals surface area contributed by atoms with E-state index in [1.165, 1.54) is 13.2 Å². The quantitative estimate of drug-likeness (QED) is 0.195. The average molecular weight is 475 g/mol. The molecule has 0 aliphatic rings. The van der Waals surface area contributed by atoms with Gasteiger partial charge in [-0.05, 0) is 47.9 Å². The zero-order valence-electron chi connectivity index (χ0n) is 20.0. The number of benzene rings is 3. The number of non-ortho nitro benzene ring substituents is 1. The highest BCUT2D eigenvalue weighted by atomic mass is 16.6. The summed E-state index contributed by atoms with van der Waals surface area (Å²) in [5.74, 6) is 0.887. The van der Waals surface area contributed by atoms with Crippen LogP contribution in [-0.4, -0.2) is 36.8 Å².